The number of hydrogen-bond acceptors (Lipinski definition) is 4. The van der Waals surface area contributed by atoms with Crippen molar-refractivity contribution in [3.05, 3.63) is 338 Å². The Kier molecular flexibility index (Phi) is 14.4. The largest absolute Gasteiger partial charge is 0.456 e. The lowest BCUT2D eigenvalue weighted by atomic mass is 9.92. The van der Waals surface area contributed by atoms with Gasteiger partial charge in [0.15, 0.2) is 0 Å². The minimum absolute atomic E-state index is 0.830. The van der Waals surface area contributed by atoms with Crippen molar-refractivity contribution in [1.82, 2.24) is 18.3 Å². The Balaban J connectivity index is 0.702. The number of nitrogens with zero attached hydrogens (tertiary/aromatic N) is 4. The van der Waals surface area contributed by atoms with Crippen molar-refractivity contribution in [2.75, 3.05) is 0 Å². The van der Waals surface area contributed by atoms with E-state index in [1.165, 1.54) is 54.7 Å². The van der Waals surface area contributed by atoms with Crippen molar-refractivity contribution < 1.29 is 17.7 Å². The maximum atomic E-state index is 7.33. The molecule has 0 bridgehead atoms. The summed E-state index contributed by atoms with van der Waals surface area (Å²) < 4.78 is 37.4. The summed E-state index contributed by atoms with van der Waals surface area (Å²) in [4.78, 5) is 0. The Bertz CT molecular complexity index is 7730. The summed E-state index contributed by atoms with van der Waals surface area (Å²) in [5, 5.41) is 13.8. The van der Waals surface area contributed by atoms with Crippen molar-refractivity contribution in [3.8, 4) is 101 Å². The van der Waals surface area contributed by atoms with Gasteiger partial charge in [0, 0.05) is 156 Å². The monoisotopic (exact) mass is 1470 g/mol. The highest BCUT2D eigenvalue weighted by Gasteiger charge is 2.26. The molecule has 8 heteroatoms. The van der Waals surface area contributed by atoms with Crippen LogP contribution >= 0.6 is 0 Å². The summed E-state index contributed by atoms with van der Waals surface area (Å²) in [5.74, 6) is 3.42. The van der Waals surface area contributed by atoms with Gasteiger partial charge in [0.1, 0.15) is 45.4 Å². The SMILES string of the molecule is CCn1c2ccccc2c2cc(-c3cc(-c4ccc5c(C)c(-c6ccc7c(c6)c6cc(-c8oc9ccccc9c8C)ccc6n7-c6cc(-c7ccccc7)cc(-n7c8ccc(-c9oc%10ccccc%10c9C)cc8c8cc(-c9oc%10ccccc%10c9C)ccc87)c6)oc5c4)cc(-c4ccc5c(c4)c4ccccc4n5CC)c3)ccc21. The van der Waals surface area contributed by atoms with E-state index in [2.05, 4.69) is 357 Å². The van der Waals surface area contributed by atoms with E-state index >= 15 is 0 Å². The zero-order valence-electron chi connectivity index (χ0n) is 63.9. The van der Waals surface area contributed by atoms with Crippen molar-refractivity contribution in [2.45, 2.75) is 54.6 Å². The van der Waals surface area contributed by atoms with Crippen LogP contribution in [0.2, 0.25) is 0 Å². The van der Waals surface area contributed by atoms with Crippen LogP contribution in [0.15, 0.2) is 333 Å². The molecule has 0 aliphatic carbocycles. The molecule has 0 N–H and O–H groups in total. The standard InChI is InChI=1S/C106H74N4O4/c1-7-107-91-29-17-12-27-83(91)85-53-66(35-42-93(85)107)73-48-74(67-36-43-94-86(54-67)84-28-13-18-30-92(84)108(94)8-2)50-75(49-73)68-34-41-82-64(6)106(114-102(82)59-68)72-40-47-98-90(58-72)89-57-71(105-63(5)81-26-16-21-33-101(81)113-105)39-46-97(89)110(98)78-52-76(65-22-10-9-11-23-65)51-77(60-78)109-95-44-37-69(103-61(3)79-24-14-19-31-99(79)111-103)55-87(95)88-56-70(38-45-96(88)109)104-62(4)80-25-15-20-32-100(80)112-104/h9-60H,7-8H2,1-6H3. The van der Waals surface area contributed by atoms with Gasteiger partial charge in [-0.05, 0) is 256 Å². The van der Waals surface area contributed by atoms with Crippen LogP contribution in [0.25, 0.3) is 232 Å². The Morgan fingerprint density at radius 1 is 0.193 bits per heavy atom. The number of benzene rings is 15. The van der Waals surface area contributed by atoms with Crippen LogP contribution in [0.4, 0.5) is 0 Å². The molecule has 0 amide bonds. The molecule has 23 rings (SSSR count). The minimum atomic E-state index is 0.830. The van der Waals surface area contributed by atoms with Gasteiger partial charge in [0.05, 0.1) is 22.1 Å². The topological polar surface area (TPSA) is 72.3 Å². The van der Waals surface area contributed by atoms with Gasteiger partial charge in [0.25, 0.3) is 0 Å². The minimum Gasteiger partial charge on any atom is -0.456 e. The molecule has 8 heterocycles. The number of rotatable bonds is 12. The molecule has 15 aromatic carbocycles. The van der Waals surface area contributed by atoms with E-state index in [1.807, 2.05) is 18.2 Å². The highest BCUT2D eigenvalue weighted by atomic mass is 16.3. The molecule has 8 aromatic heterocycles. The molecular formula is C106H74N4O4. The number of aryl methyl sites for hydroxylation is 6. The van der Waals surface area contributed by atoms with Crippen LogP contribution in [-0.2, 0) is 13.1 Å². The molecule has 0 aliphatic rings. The molecule has 0 aliphatic heterocycles. The van der Waals surface area contributed by atoms with Gasteiger partial charge in [-0.25, -0.2) is 0 Å². The third-order valence-corrected chi connectivity index (χ3v) is 24.7. The molecule has 0 atom stereocenters. The summed E-state index contributed by atoms with van der Waals surface area (Å²) in [6.45, 7) is 15.0. The number of hydrogen-bond donors (Lipinski definition) is 0. The Morgan fingerprint density at radius 2 is 0.474 bits per heavy atom. The predicted octanol–water partition coefficient (Wildman–Crippen LogP) is 29.7. The normalized spacial score (nSPS) is 12.2. The second-order valence-electron chi connectivity index (χ2n) is 30.9. The lowest BCUT2D eigenvalue weighted by Gasteiger charge is -2.16. The van der Waals surface area contributed by atoms with E-state index in [1.54, 1.807) is 0 Å². The number of furan rings is 4. The Hall–Kier alpha value is -14.3. The van der Waals surface area contributed by atoms with E-state index in [-0.39, 0.29) is 0 Å². The fraction of sp³-hybridized carbons (Fsp3) is 0.0755. The van der Waals surface area contributed by atoms with Crippen molar-refractivity contribution in [2.24, 2.45) is 0 Å². The third kappa shape index (κ3) is 9.90. The van der Waals surface area contributed by atoms with Crippen molar-refractivity contribution >= 4 is 131 Å². The first-order chi connectivity index (χ1) is 56.0. The van der Waals surface area contributed by atoms with Crippen molar-refractivity contribution in [3.63, 3.8) is 0 Å². The molecule has 0 fully saturated rings. The summed E-state index contributed by atoms with van der Waals surface area (Å²) in [5.41, 5.74) is 32.2. The molecule has 0 radical (unpaired) electrons. The van der Waals surface area contributed by atoms with Gasteiger partial charge in [-0.2, -0.15) is 0 Å². The van der Waals surface area contributed by atoms with Crippen LogP contribution < -0.4 is 0 Å². The van der Waals surface area contributed by atoms with Crippen LogP contribution in [0.5, 0.6) is 0 Å². The molecule has 114 heavy (non-hydrogen) atoms. The van der Waals surface area contributed by atoms with E-state index < -0.39 is 0 Å². The number of para-hydroxylation sites is 5. The third-order valence-electron chi connectivity index (χ3n) is 24.7. The Morgan fingerprint density at radius 3 is 0.860 bits per heavy atom. The first-order valence-corrected chi connectivity index (χ1v) is 39.6. The van der Waals surface area contributed by atoms with E-state index in [9.17, 15) is 0 Å². The molecule has 0 saturated carbocycles. The molecule has 23 aromatic rings. The number of fused-ring (bicyclic) bond motifs is 16. The van der Waals surface area contributed by atoms with E-state index in [0.717, 1.165) is 213 Å². The van der Waals surface area contributed by atoms with Crippen LogP contribution in [0.1, 0.15) is 36.1 Å². The van der Waals surface area contributed by atoms with Crippen LogP contribution in [-0.4, -0.2) is 18.3 Å². The molecule has 0 spiro atoms. The lowest BCUT2D eigenvalue weighted by molar-refractivity contribution is 0.629. The predicted molar refractivity (Wildman–Crippen MR) is 474 cm³/mol. The van der Waals surface area contributed by atoms with Gasteiger partial charge in [-0.3, -0.25) is 0 Å². The maximum Gasteiger partial charge on any atom is 0.138 e. The summed E-state index contributed by atoms with van der Waals surface area (Å²) in [7, 11) is 0. The highest BCUT2D eigenvalue weighted by molar-refractivity contribution is 6.16. The second-order valence-corrected chi connectivity index (χ2v) is 30.9. The molecule has 542 valence electrons. The first-order valence-electron chi connectivity index (χ1n) is 39.6. The van der Waals surface area contributed by atoms with E-state index in [0.29, 0.717) is 0 Å². The lowest BCUT2D eigenvalue weighted by Crippen LogP contribution is -2.00. The Labute approximate surface area is 656 Å². The first kappa shape index (κ1) is 65.5. The molecule has 0 saturated heterocycles. The fourth-order valence-electron chi connectivity index (χ4n) is 19.1. The molecule has 0 unspecified atom stereocenters. The van der Waals surface area contributed by atoms with Gasteiger partial charge < -0.3 is 35.9 Å². The van der Waals surface area contributed by atoms with Gasteiger partial charge >= 0.3 is 0 Å². The smallest absolute Gasteiger partial charge is 0.138 e. The van der Waals surface area contributed by atoms with Crippen molar-refractivity contribution in [1.29, 1.82) is 0 Å². The van der Waals surface area contributed by atoms with Crippen LogP contribution in [0, 0.1) is 27.7 Å². The summed E-state index contributed by atoms with van der Waals surface area (Å²) in [6.07, 6.45) is 0. The zero-order valence-corrected chi connectivity index (χ0v) is 63.9. The number of aromatic nitrogens is 4. The van der Waals surface area contributed by atoms with Gasteiger partial charge in [0.2, 0.25) is 0 Å². The second kappa shape index (κ2) is 25.1. The van der Waals surface area contributed by atoms with E-state index in [4.69, 9.17) is 17.7 Å². The maximum absolute atomic E-state index is 7.33. The zero-order chi connectivity index (χ0) is 75.9. The fourth-order valence-corrected chi connectivity index (χ4v) is 19.1. The van der Waals surface area contributed by atoms with Gasteiger partial charge in [-0.15, -0.1) is 0 Å². The quantitative estimate of drug-likeness (QED) is 0.122. The molecular weight excluding hydrogens is 1390 g/mol. The molecule has 8 nitrogen and oxygen atoms in total. The summed E-state index contributed by atoms with van der Waals surface area (Å²) in [6, 6.07) is 116. The highest BCUT2D eigenvalue weighted by Crippen LogP contribution is 2.48. The van der Waals surface area contributed by atoms with Crippen LogP contribution in [0.3, 0.4) is 0 Å². The summed E-state index contributed by atoms with van der Waals surface area (Å²) >= 11 is 0. The average Bonchev–Trinajstić information content (AvgIpc) is 1.56. The average molecular weight is 1470 g/mol. The van der Waals surface area contributed by atoms with Gasteiger partial charge in [-0.1, -0.05) is 146 Å².